The molecule has 1 aliphatic rings. The van der Waals surface area contributed by atoms with Crippen molar-refractivity contribution in [2.45, 2.75) is 33.7 Å². The molecule has 1 aromatic heterocycles. The minimum absolute atomic E-state index is 0.114. The molecule has 0 aliphatic carbocycles. The number of aromatic nitrogens is 1. The first kappa shape index (κ1) is 15.8. The lowest BCUT2D eigenvalue weighted by Crippen LogP contribution is -2.50. The van der Waals surface area contributed by atoms with E-state index in [1.165, 1.54) is 0 Å². The fourth-order valence-electron chi connectivity index (χ4n) is 2.69. The van der Waals surface area contributed by atoms with Crippen LogP contribution in [0.3, 0.4) is 0 Å². The zero-order valence-electron chi connectivity index (χ0n) is 13.5. The van der Waals surface area contributed by atoms with Gasteiger partial charge in [-0.3, -0.25) is 9.69 Å². The third kappa shape index (κ3) is 3.94. The largest absolute Gasteiger partial charge is 0.370 e. The van der Waals surface area contributed by atoms with Gasteiger partial charge in [0.2, 0.25) is 0 Å². The van der Waals surface area contributed by atoms with Crippen LogP contribution in [0.15, 0.2) is 12.1 Å². The molecule has 5 heteroatoms. The molecule has 0 aromatic carbocycles. The van der Waals surface area contributed by atoms with Crippen LogP contribution in [0.4, 0.5) is 5.82 Å². The van der Waals surface area contributed by atoms with Crippen LogP contribution in [0, 0.1) is 6.92 Å². The predicted octanol–water partition coefficient (Wildman–Crippen LogP) is 1.99. The summed E-state index contributed by atoms with van der Waals surface area (Å²) in [4.78, 5) is 21.4. The number of pyridine rings is 1. The number of carbonyl (C=O) groups excluding carboxylic acids is 1. The first-order chi connectivity index (χ1) is 10.0. The molecule has 0 unspecified atom stereocenters. The lowest BCUT2D eigenvalue weighted by Gasteiger charge is -2.37. The van der Waals surface area contributed by atoms with Crippen molar-refractivity contribution in [1.82, 2.24) is 14.8 Å². The van der Waals surface area contributed by atoms with Crippen LogP contribution in [0.25, 0.3) is 0 Å². The average Bonchev–Trinajstić information content (AvgIpc) is 2.46. The van der Waals surface area contributed by atoms with Crippen molar-refractivity contribution < 1.29 is 4.79 Å². The number of rotatable bonds is 4. The number of aryl methyl sites for hydroxylation is 1. The molecule has 0 radical (unpaired) electrons. The number of anilines is 1. The Hall–Kier alpha value is -1.62. The number of amides is 1. The molecular weight excluding hydrogens is 264 g/mol. The maximum Gasteiger partial charge on any atom is 0.254 e. The predicted molar refractivity (Wildman–Crippen MR) is 85.8 cm³/mol. The summed E-state index contributed by atoms with van der Waals surface area (Å²) in [6, 6.07) is 4.27. The molecular formula is C16H26N4O. The molecule has 1 fully saturated rings. The van der Waals surface area contributed by atoms with E-state index in [9.17, 15) is 4.79 Å². The van der Waals surface area contributed by atoms with Crippen LogP contribution >= 0.6 is 0 Å². The van der Waals surface area contributed by atoms with E-state index >= 15 is 0 Å². The molecule has 0 bridgehead atoms. The second kappa shape index (κ2) is 6.89. The van der Waals surface area contributed by atoms with Crippen LogP contribution in [0.2, 0.25) is 0 Å². The molecule has 1 amide bonds. The number of piperazine rings is 1. The lowest BCUT2D eigenvalue weighted by atomic mass is 10.1. The van der Waals surface area contributed by atoms with E-state index in [4.69, 9.17) is 0 Å². The normalized spacial score (nSPS) is 16.3. The second-order valence-corrected chi connectivity index (χ2v) is 5.83. The first-order valence-corrected chi connectivity index (χ1v) is 7.77. The number of hydrogen-bond donors (Lipinski definition) is 1. The minimum atomic E-state index is 0.114. The van der Waals surface area contributed by atoms with E-state index in [0.717, 1.165) is 49.8 Å². The summed E-state index contributed by atoms with van der Waals surface area (Å²) in [5, 5.41) is 3.18. The van der Waals surface area contributed by atoms with Crippen molar-refractivity contribution in [1.29, 1.82) is 0 Å². The number of hydrogen-bond acceptors (Lipinski definition) is 4. The fraction of sp³-hybridized carbons (Fsp3) is 0.625. The molecule has 2 rings (SSSR count). The molecule has 1 aliphatic heterocycles. The Labute approximate surface area is 127 Å². The van der Waals surface area contributed by atoms with E-state index in [1.807, 2.05) is 30.9 Å². The van der Waals surface area contributed by atoms with Crippen LogP contribution in [0.1, 0.15) is 36.8 Å². The third-order valence-electron chi connectivity index (χ3n) is 3.89. The van der Waals surface area contributed by atoms with Crippen LogP contribution in [-0.2, 0) is 0 Å². The highest BCUT2D eigenvalue weighted by atomic mass is 16.2. The topological polar surface area (TPSA) is 48.5 Å². The molecule has 0 saturated carbocycles. The zero-order valence-corrected chi connectivity index (χ0v) is 13.5. The monoisotopic (exact) mass is 290 g/mol. The summed E-state index contributed by atoms with van der Waals surface area (Å²) < 4.78 is 0. The Morgan fingerprint density at radius 3 is 2.52 bits per heavy atom. The maximum atomic E-state index is 12.6. The van der Waals surface area contributed by atoms with Gasteiger partial charge in [0, 0.05) is 50.0 Å². The highest BCUT2D eigenvalue weighted by Crippen LogP contribution is 2.14. The van der Waals surface area contributed by atoms with Crippen molar-refractivity contribution in [3.63, 3.8) is 0 Å². The van der Waals surface area contributed by atoms with Gasteiger partial charge >= 0.3 is 0 Å². The van der Waals surface area contributed by atoms with Gasteiger partial charge in [-0.1, -0.05) is 0 Å². The highest BCUT2D eigenvalue weighted by Gasteiger charge is 2.23. The molecule has 1 N–H and O–H groups in total. The second-order valence-electron chi connectivity index (χ2n) is 5.83. The molecule has 0 atom stereocenters. The molecule has 2 heterocycles. The van der Waals surface area contributed by atoms with E-state index in [1.54, 1.807) is 0 Å². The Bertz CT molecular complexity index is 493. The fourth-order valence-corrected chi connectivity index (χ4v) is 2.69. The zero-order chi connectivity index (χ0) is 15.4. The van der Waals surface area contributed by atoms with Gasteiger partial charge in [0.15, 0.2) is 0 Å². The highest BCUT2D eigenvalue weighted by molar-refractivity contribution is 5.95. The van der Waals surface area contributed by atoms with Gasteiger partial charge < -0.3 is 10.2 Å². The summed E-state index contributed by atoms with van der Waals surface area (Å²) in [6.45, 7) is 12.7. The van der Waals surface area contributed by atoms with Crippen molar-refractivity contribution in [2.75, 3.05) is 38.0 Å². The van der Waals surface area contributed by atoms with Crippen molar-refractivity contribution in [3.05, 3.63) is 23.4 Å². The van der Waals surface area contributed by atoms with Crippen molar-refractivity contribution in [2.24, 2.45) is 0 Å². The third-order valence-corrected chi connectivity index (χ3v) is 3.89. The number of nitrogens with zero attached hydrogens (tertiary/aromatic N) is 3. The summed E-state index contributed by atoms with van der Waals surface area (Å²) in [7, 11) is 0. The van der Waals surface area contributed by atoms with Crippen LogP contribution < -0.4 is 5.32 Å². The molecule has 5 nitrogen and oxygen atoms in total. The standard InChI is InChI=1S/C16H26N4O/c1-5-17-15-11-14(10-13(4)18-15)16(21)20-8-6-19(7-9-20)12(2)3/h10-12H,5-9H2,1-4H3,(H,17,18). The maximum absolute atomic E-state index is 12.6. The molecule has 1 aromatic rings. The van der Waals surface area contributed by atoms with Crippen molar-refractivity contribution in [3.8, 4) is 0 Å². The van der Waals surface area contributed by atoms with Gasteiger partial charge in [-0.25, -0.2) is 4.98 Å². The van der Waals surface area contributed by atoms with Crippen LogP contribution in [0.5, 0.6) is 0 Å². The van der Waals surface area contributed by atoms with Gasteiger partial charge in [0.25, 0.3) is 5.91 Å². The van der Waals surface area contributed by atoms with Gasteiger partial charge in [-0.15, -0.1) is 0 Å². The Morgan fingerprint density at radius 1 is 1.29 bits per heavy atom. The van der Waals surface area contributed by atoms with Gasteiger partial charge in [-0.2, -0.15) is 0 Å². The molecule has 21 heavy (non-hydrogen) atoms. The molecule has 1 saturated heterocycles. The van der Waals surface area contributed by atoms with E-state index in [2.05, 4.69) is 29.0 Å². The number of carbonyl (C=O) groups is 1. The smallest absolute Gasteiger partial charge is 0.254 e. The Balaban J connectivity index is 2.07. The first-order valence-electron chi connectivity index (χ1n) is 7.77. The molecule has 0 spiro atoms. The van der Waals surface area contributed by atoms with E-state index in [0.29, 0.717) is 6.04 Å². The Morgan fingerprint density at radius 2 is 1.95 bits per heavy atom. The van der Waals surface area contributed by atoms with Crippen molar-refractivity contribution >= 4 is 11.7 Å². The van der Waals surface area contributed by atoms with E-state index in [-0.39, 0.29) is 5.91 Å². The molecule has 116 valence electrons. The van der Waals surface area contributed by atoms with E-state index < -0.39 is 0 Å². The van der Waals surface area contributed by atoms with Gasteiger partial charge in [0.05, 0.1) is 0 Å². The quantitative estimate of drug-likeness (QED) is 0.921. The average molecular weight is 290 g/mol. The SMILES string of the molecule is CCNc1cc(C(=O)N2CCN(C(C)C)CC2)cc(C)n1. The summed E-state index contributed by atoms with van der Waals surface area (Å²) in [5.74, 6) is 0.893. The summed E-state index contributed by atoms with van der Waals surface area (Å²) >= 11 is 0. The van der Waals surface area contributed by atoms with Gasteiger partial charge in [0.1, 0.15) is 5.82 Å². The van der Waals surface area contributed by atoms with Gasteiger partial charge in [-0.05, 0) is 39.8 Å². The van der Waals surface area contributed by atoms with Crippen LogP contribution in [-0.4, -0.2) is 59.5 Å². The minimum Gasteiger partial charge on any atom is -0.370 e. The lowest BCUT2D eigenvalue weighted by molar-refractivity contribution is 0.0595. The summed E-state index contributed by atoms with van der Waals surface area (Å²) in [6.07, 6.45) is 0. The summed E-state index contributed by atoms with van der Waals surface area (Å²) in [5.41, 5.74) is 1.61. The number of nitrogens with one attached hydrogen (secondary N) is 1. The Kier molecular flexibility index (Phi) is 5.17.